The Balaban J connectivity index is 1.48. The van der Waals surface area contributed by atoms with E-state index >= 15 is 0 Å². The molecule has 1 aromatic rings. The molecule has 0 aromatic carbocycles. The maximum absolute atomic E-state index is 12.6. The molecule has 1 amide bonds. The van der Waals surface area contributed by atoms with Gasteiger partial charge in [-0.25, -0.2) is 8.42 Å². The molecule has 0 bridgehead atoms. The van der Waals surface area contributed by atoms with Crippen molar-refractivity contribution in [3.8, 4) is 0 Å². The van der Waals surface area contributed by atoms with Crippen molar-refractivity contribution in [1.82, 2.24) is 4.90 Å². The highest BCUT2D eigenvalue weighted by Gasteiger charge is 2.43. The molecule has 0 spiro atoms. The van der Waals surface area contributed by atoms with Crippen molar-refractivity contribution < 1.29 is 13.2 Å². The number of rotatable bonds is 5. The number of hydrogen-bond acceptors (Lipinski definition) is 4. The van der Waals surface area contributed by atoms with Crippen molar-refractivity contribution in [3.05, 3.63) is 21.9 Å². The van der Waals surface area contributed by atoms with Crippen LogP contribution < -0.4 is 0 Å². The summed E-state index contributed by atoms with van der Waals surface area (Å²) in [6.07, 6.45) is 6.08. The number of nitrogens with zero attached hydrogens (tertiary/aromatic N) is 1. The van der Waals surface area contributed by atoms with E-state index in [4.69, 9.17) is 0 Å². The fourth-order valence-corrected chi connectivity index (χ4v) is 6.77. The highest BCUT2D eigenvalue weighted by atomic mass is 32.2. The van der Waals surface area contributed by atoms with Crippen molar-refractivity contribution in [2.24, 2.45) is 0 Å². The molecule has 0 unspecified atom stereocenters. The summed E-state index contributed by atoms with van der Waals surface area (Å²) in [5.41, 5.74) is 1.24. The lowest BCUT2D eigenvalue weighted by molar-refractivity contribution is -0.134. The average molecular weight is 356 g/mol. The first-order valence-corrected chi connectivity index (χ1v) is 11.0. The van der Waals surface area contributed by atoms with Crippen molar-refractivity contribution in [2.75, 3.05) is 13.1 Å². The van der Waals surface area contributed by atoms with Crippen LogP contribution >= 0.6 is 11.3 Å². The topological polar surface area (TPSA) is 54.5 Å². The van der Waals surface area contributed by atoms with Crippen LogP contribution in [0.3, 0.4) is 0 Å². The zero-order valence-electron chi connectivity index (χ0n) is 13.7. The number of hydrogen-bond donors (Lipinski definition) is 0. The van der Waals surface area contributed by atoms with E-state index in [1.54, 1.807) is 16.2 Å². The second-order valence-corrected chi connectivity index (χ2v) is 10.3. The summed E-state index contributed by atoms with van der Waals surface area (Å²) in [6.45, 7) is 2.87. The van der Waals surface area contributed by atoms with E-state index in [1.165, 1.54) is 10.4 Å². The van der Waals surface area contributed by atoms with E-state index < -0.39 is 9.84 Å². The van der Waals surface area contributed by atoms with Crippen molar-refractivity contribution in [3.63, 3.8) is 0 Å². The van der Waals surface area contributed by atoms with E-state index in [-0.39, 0.29) is 16.4 Å². The number of carbonyl (C=O) groups is 1. The second kappa shape index (κ2) is 6.93. The Bertz CT molecular complexity index is 653. The molecule has 1 aliphatic heterocycles. The van der Waals surface area contributed by atoms with Crippen molar-refractivity contribution in [2.45, 2.75) is 62.4 Å². The lowest BCUT2D eigenvalue weighted by atomic mass is 10.0. The maximum Gasteiger partial charge on any atom is 0.223 e. The molecule has 2 aliphatic rings. The molecule has 1 aliphatic carbocycles. The normalized spacial score (nSPS) is 20.5. The highest BCUT2D eigenvalue weighted by Crippen LogP contribution is 2.30. The highest BCUT2D eigenvalue weighted by molar-refractivity contribution is 7.92. The second-order valence-electron chi connectivity index (χ2n) is 6.80. The minimum Gasteiger partial charge on any atom is -0.340 e. The van der Waals surface area contributed by atoms with Gasteiger partial charge in [0.1, 0.15) is 0 Å². The van der Waals surface area contributed by atoms with Gasteiger partial charge >= 0.3 is 0 Å². The Morgan fingerprint density at radius 3 is 2.52 bits per heavy atom. The van der Waals surface area contributed by atoms with Gasteiger partial charge in [0.05, 0.1) is 10.5 Å². The lowest BCUT2D eigenvalue weighted by Gasteiger charge is -2.41. The third-order valence-corrected chi connectivity index (χ3v) is 8.93. The Labute approximate surface area is 142 Å². The van der Waals surface area contributed by atoms with Gasteiger partial charge in [0.25, 0.3) is 0 Å². The van der Waals surface area contributed by atoms with Gasteiger partial charge in [0.15, 0.2) is 9.84 Å². The molecule has 4 nitrogen and oxygen atoms in total. The van der Waals surface area contributed by atoms with Crippen LogP contribution in [0.1, 0.15) is 49.0 Å². The van der Waals surface area contributed by atoms with Crippen molar-refractivity contribution in [1.29, 1.82) is 0 Å². The molecule has 1 saturated carbocycles. The molecule has 23 heavy (non-hydrogen) atoms. The number of likely N-dealkylation sites (tertiary alicyclic amines) is 1. The van der Waals surface area contributed by atoms with Crippen molar-refractivity contribution >= 4 is 27.1 Å². The van der Waals surface area contributed by atoms with Gasteiger partial charge < -0.3 is 4.90 Å². The third-order valence-electron chi connectivity index (χ3n) is 5.22. The van der Waals surface area contributed by atoms with E-state index in [0.717, 1.165) is 38.5 Å². The molecule has 2 fully saturated rings. The smallest absolute Gasteiger partial charge is 0.223 e. The summed E-state index contributed by atoms with van der Waals surface area (Å²) in [5.74, 6) is 0.0906. The maximum atomic E-state index is 12.6. The van der Waals surface area contributed by atoms with Crippen LogP contribution in [0, 0.1) is 6.92 Å². The molecule has 0 atom stereocenters. The Morgan fingerprint density at radius 2 is 1.91 bits per heavy atom. The summed E-state index contributed by atoms with van der Waals surface area (Å²) in [6, 6.07) is 2.07. The minimum atomic E-state index is -3.05. The largest absolute Gasteiger partial charge is 0.340 e. The predicted molar refractivity (Wildman–Crippen MR) is 93.5 cm³/mol. The minimum absolute atomic E-state index is 0.0906. The lowest BCUT2D eigenvalue weighted by Crippen LogP contribution is -2.58. The van der Waals surface area contributed by atoms with Gasteiger partial charge in [-0.1, -0.05) is 19.3 Å². The monoisotopic (exact) mass is 355 g/mol. The molecule has 3 rings (SSSR count). The summed E-state index contributed by atoms with van der Waals surface area (Å²) in [4.78, 5) is 15.2. The zero-order chi connectivity index (χ0) is 16.4. The fraction of sp³-hybridized carbons (Fsp3) is 0.706. The van der Waals surface area contributed by atoms with E-state index in [0.29, 0.717) is 19.5 Å². The molecule has 6 heteroatoms. The molecule has 2 heterocycles. The van der Waals surface area contributed by atoms with Gasteiger partial charge in [-0.3, -0.25) is 4.79 Å². The van der Waals surface area contributed by atoms with Crippen LogP contribution in [-0.2, 0) is 21.1 Å². The summed E-state index contributed by atoms with van der Waals surface area (Å²) >= 11 is 1.69. The molecule has 0 N–H and O–H groups in total. The number of amides is 1. The SMILES string of the molecule is Cc1ccsc1CCC(=O)N1CC(S(=O)(=O)C2CCCCC2)C1. The Hall–Kier alpha value is -0.880. The summed E-state index contributed by atoms with van der Waals surface area (Å²) in [7, 11) is -3.05. The fourth-order valence-electron chi connectivity index (χ4n) is 3.55. The number of sulfone groups is 1. The van der Waals surface area contributed by atoms with Crippen LogP contribution in [0.4, 0.5) is 0 Å². The van der Waals surface area contributed by atoms with Crippen LogP contribution in [-0.4, -0.2) is 42.8 Å². The number of thiophene rings is 1. The van der Waals surface area contributed by atoms with E-state index in [1.807, 2.05) is 5.38 Å². The number of carbonyl (C=O) groups excluding carboxylic acids is 1. The quantitative estimate of drug-likeness (QED) is 0.816. The van der Waals surface area contributed by atoms with Gasteiger partial charge in [0, 0.05) is 24.4 Å². The first-order valence-electron chi connectivity index (χ1n) is 8.52. The first kappa shape index (κ1) is 17.0. The van der Waals surface area contributed by atoms with Gasteiger partial charge in [0.2, 0.25) is 5.91 Å². The third kappa shape index (κ3) is 3.63. The Kier molecular flexibility index (Phi) is 5.11. The van der Waals surface area contributed by atoms with Gasteiger partial charge in [-0.05, 0) is 43.2 Å². The van der Waals surface area contributed by atoms with Gasteiger partial charge in [-0.15, -0.1) is 11.3 Å². The predicted octanol–water partition coefficient (Wildman–Crippen LogP) is 2.95. The molecule has 128 valence electrons. The standard InChI is InChI=1S/C17H25NO3S2/c1-13-9-10-22-16(13)7-8-17(19)18-11-15(12-18)23(20,21)14-5-3-2-4-6-14/h9-10,14-15H,2-8,11-12H2,1H3. The van der Waals surface area contributed by atoms with E-state index in [9.17, 15) is 13.2 Å². The summed E-state index contributed by atoms with van der Waals surface area (Å²) in [5, 5.41) is 1.57. The molecular formula is C17H25NO3S2. The van der Waals surface area contributed by atoms with Gasteiger partial charge in [-0.2, -0.15) is 0 Å². The average Bonchev–Trinajstić information content (AvgIpc) is 2.89. The molecule has 1 aromatic heterocycles. The van der Waals surface area contributed by atoms with Crippen LogP contribution in [0.2, 0.25) is 0 Å². The van der Waals surface area contributed by atoms with E-state index in [2.05, 4.69) is 13.0 Å². The number of aryl methyl sites for hydroxylation is 2. The molecule has 0 radical (unpaired) electrons. The zero-order valence-corrected chi connectivity index (χ0v) is 15.3. The Morgan fingerprint density at radius 1 is 1.22 bits per heavy atom. The first-order chi connectivity index (χ1) is 11.0. The summed E-state index contributed by atoms with van der Waals surface area (Å²) < 4.78 is 25.2. The van der Waals surface area contributed by atoms with Crippen LogP contribution in [0.15, 0.2) is 11.4 Å². The van der Waals surface area contributed by atoms with Crippen LogP contribution in [0.25, 0.3) is 0 Å². The van der Waals surface area contributed by atoms with Crippen LogP contribution in [0.5, 0.6) is 0 Å². The molecule has 1 saturated heterocycles. The molecular weight excluding hydrogens is 330 g/mol.